The van der Waals surface area contributed by atoms with E-state index in [-0.39, 0.29) is 5.75 Å². The fourth-order valence-corrected chi connectivity index (χ4v) is 2.74. The number of ether oxygens (including phenoxy) is 1. The van der Waals surface area contributed by atoms with E-state index in [4.69, 9.17) is 14.5 Å². The Kier molecular flexibility index (Phi) is 11.7. The van der Waals surface area contributed by atoms with Gasteiger partial charge in [0, 0.05) is 6.61 Å². The molecule has 0 fully saturated rings. The molecular weight excluding hydrogens is 332 g/mol. The average molecular weight is 366 g/mol. The van der Waals surface area contributed by atoms with Crippen LogP contribution in [-0.2, 0) is 20.9 Å². The predicted molar refractivity (Wildman–Crippen MR) is 102 cm³/mol. The van der Waals surface area contributed by atoms with Gasteiger partial charge in [0.05, 0.1) is 5.56 Å². The maximum absolute atomic E-state index is 12.1. The van der Waals surface area contributed by atoms with Gasteiger partial charge < -0.3 is 9.84 Å². The van der Waals surface area contributed by atoms with Crippen molar-refractivity contribution in [2.45, 2.75) is 84.8 Å². The molecule has 1 rings (SSSR count). The number of phenols is 1. The fourth-order valence-electron chi connectivity index (χ4n) is 2.74. The number of carbonyl (C=O) groups is 1. The molecule has 0 radical (unpaired) electrons. The second-order valence-corrected chi connectivity index (χ2v) is 6.58. The van der Waals surface area contributed by atoms with E-state index < -0.39 is 12.3 Å². The van der Waals surface area contributed by atoms with Crippen molar-refractivity contribution in [3.8, 4) is 5.75 Å². The minimum Gasteiger partial charge on any atom is -0.508 e. The summed E-state index contributed by atoms with van der Waals surface area (Å²) in [6.45, 7) is 6.43. The number of phenolic OH excluding ortho intramolecular Hbond substituents is 1. The lowest BCUT2D eigenvalue weighted by molar-refractivity contribution is -0.333. The summed E-state index contributed by atoms with van der Waals surface area (Å²) in [6.07, 6.45) is 9.93. The summed E-state index contributed by atoms with van der Waals surface area (Å²) in [5, 5.41) is 9.48. The summed E-state index contributed by atoms with van der Waals surface area (Å²) in [6, 6.07) is 4.54. The van der Waals surface area contributed by atoms with Crippen LogP contribution >= 0.6 is 0 Å². The molecule has 0 aliphatic carbocycles. The van der Waals surface area contributed by atoms with Gasteiger partial charge in [0.25, 0.3) is 0 Å². The third-order valence-electron chi connectivity index (χ3n) is 4.30. The molecule has 1 aromatic rings. The normalized spacial score (nSPS) is 12.1. The molecule has 5 nitrogen and oxygen atoms in total. The van der Waals surface area contributed by atoms with E-state index in [0.717, 1.165) is 12.8 Å². The third kappa shape index (κ3) is 9.20. The van der Waals surface area contributed by atoms with Crippen LogP contribution in [0.3, 0.4) is 0 Å². The van der Waals surface area contributed by atoms with E-state index in [2.05, 4.69) is 6.92 Å². The van der Waals surface area contributed by atoms with E-state index in [1.54, 1.807) is 13.0 Å². The Morgan fingerprint density at radius 3 is 2.35 bits per heavy atom. The van der Waals surface area contributed by atoms with Gasteiger partial charge in [-0.3, -0.25) is 4.89 Å². The highest BCUT2D eigenvalue weighted by atomic mass is 17.2. The Morgan fingerprint density at radius 1 is 1.04 bits per heavy atom. The molecule has 148 valence electrons. The highest BCUT2D eigenvalue weighted by molar-refractivity contribution is 5.90. The van der Waals surface area contributed by atoms with Crippen molar-refractivity contribution in [2.75, 3.05) is 6.61 Å². The zero-order valence-electron chi connectivity index (χ0n) is 16.5. The van der Waals surface area contributed by atoms with Gasteiger partial charge in [-0.05, 0) is 43.5 Å². The fraction of sp³-hybridized carbons (Fsp3) is 0.667. The van der Waals surface area contributed by atoms with Crippen LogP contribution in [0.5, 0.6) is 5.75 Å². The Morgan fingerprint density at radius 2 is 1.69 bits per heavy atom. The van der Waals surface area contributed by atoms with Gasteiger partial charge in [-0.2, -0.15) is 4.89 Å². The standard InChI is InChI=1S/C21H34O5/c1-4-6-7-8-9-10-11-12-15-24-17(3)25-26-21(23)20-14-13-19(22)16-18(20)5-2/h13-14,16-17,22H,4-12,15H2,1-3H3. The first-order valence-electron chi connectivity index (χ1n) is 9.89. The molecule has 5 heteroatoms. The van der Waals surface area contributed by atoms with Crippen LogP contribution in [-0.4, -0.2) is 24.0 Å². The first-order chi connectivity index (χ1) is 12.6. The second-order valence-electron chi connectivity index (χ2n) is 6.58. The Bertz CT molecular complexity index is 515. The summed E-state index contributed by atoms with van der Waals surface area (Å²) < 4.78 is 5.51. The largest absolute Gasteiger partial charge is 0.508 e. The minimum atomic E-state index is -0.606. The van der Waals surface area contributed by atoms with Crippen molar-refractivity contribution in [2.24, 2.45) is 0 Å². The summed E-state index contributed by atoms with van der Waals surface area (Å²) in [5.74, 6) is -0.453. The molecule has 1 unspecified atom stereocenters. The van der Waals surface area contributed by atoms with Crippen LogP contribution in [0.4, 0.5) is 0 Å². The Labute approximate surface area is 157 Å². The zero-order valence-corrected chi connectivity index (χ0v) is 16.5. The monoisotopic (exact) mass is 366 g/mol. The lowest BCUT2D eigenvalue weighted by atomic mass is 10.1. The smallest absolute Gasteiger partial charge is 0.373 e. The summed E-state index contributed by atoms with van der Waals surface area (Å²) in [7, 11) is 0. The number of unbranched alkanes of at least 4 members (excludes halogenated alkanes) is 7. The molecular formula is C21H34O5. The number of rotatable bonds is 14. The van der Waals surface area contributed by atoms with Crippen molar-refractivity contribution in [3.05, 3.63) is 29.3 Å². The molecule has 1 aromatic carbocycles. The molecule has 1 atom stereocenters. The molecule has 0 amide bonds. The molecule has 0 aliphatic rings. The minimum absolute atomic E-state index is 0.126. The van der Waals surface area contributed by atoms with Crippen molar-refractivity contribution in [1.29, 1.82) is 0 Å². The van der Waals surface area contributed by atoms with Gasteiger partial charge in [0.1, 0.15) is 5.75 Å². The van der Waals surface area contributed by atoms with Crippen LogP contribution in [0.15, 0.2) is 18.2 Å². The van der Waals surface area contributed by atoms with E-state index in [9.17, 15) is 9.90 Å². The van der Waals surface area contributed by atoms with Crippen LogP contribution < -0.4 is 0 Å². The highest BCUT2D eigenvalue weighted by Crippen LogP contribution is 2.18. The average Bonchev–Trinajstić information content (AvgIpc) is 2.64. The topological polar surface area (TPSA) is 65.0 Å². The van der Waals surface area contributed by atoms with Gasteiger partial charge in [0.2, 0.25) is 0 Å². The molecule has 0 saturated heterocycles. The van der Waals surface area contributed by atoms with Gasteiger partial charge in [-0.15, -0.1) is 0 Å². The zero-order chi connectivity index (χ0) is 19.2. The van der Waals surface area contributed by atoms with Crippen molar-refractivity contribution in [1.82, 2.24) is 0 Å². The quantitative estimate of drug-likeness (QED) is 0.202. The predicted octanol–water partition coefficient (Wildman–Crippen LogP) is 5.55. The lowest BCUT2D eigenvalue weighted by Crippen LogP contribution is -2.18. The number of hydrogen-bond acceptors (Lipinski definition) is 5. The van der Waals surface area contributed by atoms with Gasteiger partial charge >= 0.3 is 5.97 Å². The molecule has 1 N–H and O–H groups in total. The van der Waals surface area contributed by atoms with Crippen LogP contribution in [0.1, 0.15) is 88.1 Å². The van der Waals surface area contributed by atoms with Crippen LogP contribution in [0, 0.1) is 0 Å². The van der Waals surface area contributed by atoms with Crippen LogP contribution in [0.25, 0.3) is 0 Å². The van der Waals surface area contributed by atoms with Crippen molar-refractivity contribution >= 4 is 5.97 Å². The van der Waals surface area contributed by atoms with Gasteiger partial charge in [-0.1, -0.05) is 58.8 Å². The summed E-state index contributed by atoms with van der Waals surface area (Å²) in [5.41, 5.74) is 1.10. The molecule has 0 bridgehead atoms. The first-order valence-corrected chi connectivity index (χ1v) is 9.89. The van der Waals surface area contributed by atoms with Gasteiger partial charge in [-0.25, -0.2) is 4.79 Å². The van der Waals surface area contributed by atoms with E-state index in [1.807, 2.05) is 6.92 Å². The van der Waals surface area contributed by atoms with E-state index in [1.165, 1.54) is 50.7 Å². The molecule has 26 heavy (non-hydrogen) atoms. The van der Waals surface area contributed by atoms with Crippen LogP contribution in [0.2, 0.25) is 0 Å². The molecule has 0 aliphatic heterocycles. The Hall–Kier alpha value is -1.59. The van der Waals surface area contributed by atoms with Crippen molar-refractivity contribution < 1.29 is 24.4 Å². The number of aromatic hydroxyl groups is 1. The lowest BCUT2D eigenvalue weighted by Gasteiger charge is -2.13. The van der Waals surface area contributed by atoms with E-state index >= 15 is 0 Å². The second kappa shape index (κ2) is 13.6. The van der Waals surface area contributed by atoms with Crippen molar-refractivity contribution in [3.63, 3.8) is 0 Å². The third-order valence-corrected chi connectivity index (χ3v) is 4.30. The molecule has 0 heterocycles. The SMILES string of the molecule is CCCCCCCCCCOC(C)OOC(=O)c1ccc(O)cc1CC. The number of aryl methyl sites for hydroxylation is 1. The summed E-state index contributed by atoms with van der Waals surface area (Å²) in [4.78, 5) is 22.0. The maximum atomic E-state index is 12.1. The molecule has 0 saturated carbocycles. The maximum Gasteiger partial charge on any atom is 0.373 e. The Balaban J connectivity index is 2.14. The number of benzene rings is 1. The number of carbonyl (C=O) groups excluding carboxylic acids is 1. The molecule has 0 aromatic heterocycles. The van der Waals surface area contributed by atoms with E-state index in [0.29, 0.717) is 24.2 Å². The molecule has 0 spiro atoms. The van der Waals surface area contributed by atoms with Gasteiger partial charge in [0.15, 0.2) is 6.29 Å². The number of hydrogen-bond donors (Lipinski definition) is 1. The summed E-state index contributed by atoms with van der Waals surface area (Å²) >= 11 is 0. The highest BCUT2D eigenvalue weighted by Gasteiger charge is 2.15. The first kappa shape index (κ1) is 22.5.